The molecule has 0 aliphatic carbocycles. The van der Waals surface area contributed by atoms with Gasteiger partial charge in [0, 0.05) is 16.8 Å². The quantitative estimate of drug-likeness (QED) is 0.485. The van der Waals surface area contributed by atoms with Gasteiger partial charge in [-0.15, -0.1) is 0 Å². The van der Waals surface area contributed by atoms with Gasteiger partial charge >= 0.3 is 0 Å². The van der Waals surface area contributed by atoms with Crippen LogP contribution in [0.4, 0.5) is 5.69 Å². The third-order valence-electron chi connectivity index (χ3n) is 4.25. The number of nitrogens with one attached hydrogen (secondary N) is 1. The second-order valence-corrected chi connectivity index (χ2v) is 7.41. The number of nitriles is 1. The van der Waals surface area contributed by atoms with Crippen molar-refractivity contribution in [3.05, 3.63) is 88.6 Å². The van der Waals surface area contributed by atoms with Crippen molar-refractivity contribution >= 4 is 29.1 Å². The van der Waals surface area contributed by atoms with E-state index < -0.39 is 0 Å². The smallest absolute Gasteiger partial charge is 0.234 e. The van der Waals surface area contributed by atoms with Crippen LogP contribution in [0.1, 0.15) is 32.7 Å². The number of thioether (sulfide) groups is 1. The molecule has 1 N–H and O–H groups in total. The number of hydrogen-bond donors (Lipinski definition) is 1. The Labute approximate surface area is 173 Å². The Balaban J connectivity index is 1.74. The molecule has 29 heavy (non-hydrogen) atoms. The van der Waals surface area contributed by atoms with Gasteiger partial charge in [0.25, 0.3) is 0 Å². The van der Waals surface area contributed by atoms with E-state index in [0.29, 0.717) is 27.4 Å². The van der Waals surface area contributed by atoms with Crippen molar-refractivity contribution in [2.45, 2.75) is 18.9 Å². The second kappa shape index (κ2) is 9.18. The summed E-state index contributed by atoms with van der Waals surface area (Å²) in [6.45, 7) is 3.70. The fraction of sp³-hybridized carbons (Fsp3) is 0.130. The summed E-state index contributed by atoms with van der Waals surface area (Å²) in [5.74, 6) is -0.344. The average Bonchev–Trinajstić information content (AvgIpc) is 2.72. The number of rotatable bonds is 6. The van der Waals surface area contributed by atoms with Crippen LogP contribution in [0.3, 0.4) is 0 Å². The fourth-order valence-electron chi connectivity index (χ4n) is 2.90. The van der Waals surface area contributed by atoms with Crippen molar-refractivity contribution in [3.8, 4) is 6.07 Å². The summed E-state index contributed by atoms with van der Waals surface area (Å²) in [6.07, 6.45) is 0. The lowest BCUT2D eigenvalue weighted by Gasteiger charge is -2.11. The lowest BCUT2D eigenvalue weighted by atomic mass is 10.0. The lowest BCUT2D eigenvalue weighted by Crippen LogP contribution is -2.17. The predicted molar refractivity (Wildman–Crippen MR) is 114 cm³/mol. The van der Waals surface area contributed by atoms with Crippen LogP contribution in [0.25, 0.3) is 0 Å². The zero-order valence-electron chi connectivity index (χ0n) is 16.1. The third kappa shape index (κ3) is 4.89. The lowest BCUT2D eigenvalue weighted by molar-refractivity contribution is -0.113. The van der Waals surface area contributed by atoms with Gasteiger partial charge in [0.05, 0.1) is 17.0 Å². The highest BCUT2D eigenvalue weighted by molar-refractivity contribution is 8.00. The predicted octanol–water partition coefficient (Wildman–Crippen LogP) is 4.53. The maximum absolute atomic E-state index is 12.8. The van der Waals surface area contributed by atoms with E-state index >= 15 is 0 Å². The topological polar surface area (TPSA) is 82.9 Å². The molecule has 0 unspecified atom stereocenters. The van der Waals surface area contributed by atoms with E-state index in [9.17, 15) is 14.9 Å². The second-order valence-electron chi connectivity index (χ2n) is 6.45. The Morgan fingerprint density at radius 2 is 1.76 bits per heavy atom. The Bertz CT molecular complexity index is 1100. The number of carbonyl (C=O) groups is 2. The molecule has 0 bridgehead atoms. The Kier molecular flexibility index (Phi) is 6.43. The van der Waals surface area contributed by atoms with Gasteiger partial charge in [0.15, 0.2) is 5.78 Å². The molecule has 3 aromatic rings. The maximum Gasteiger partial charge on any atom is 0.234 e. The molecule has 0 aliphatic heterocycles. The van der Waals surface area contributed by atoms with Crippen molar-refractivity contribution in [2.24, 2.45) is 0 Å². The van der Waals surface area contributed by atoms with Crippen molar-refractivity contribution < 1.29 is 9.59 Å². The van der Waals surface area contributed by atoms with Crippen LogP contribution in [0.2, 0.25) is 0 Å². The summed E-state index contributed by atoms with van der Waals surface area (Å²) in [5, 5.41) is 12.7. The van der Waals surface area contributed by atoms with E-state index in [4.69, 9.17) is 0 Å². The first-order valence-corrected chi connectivity index (χ1v) is 9.98. The molecule has 3 rings (SSSR count). The molecule has 0 saturated heterocycles. The molecule has 1 aromatic heterocycles. The summed E-state index contributed by atoms with van der Waals surface area (Å²) >= 11 is 1.21. The Morgan fingerprint density at radius 1 is 1.07 bits per heavy atom. The van der Waals surface area contributed by atoms with Gasteiger partial charge in [-0.1, -0.05) is 54.2 Å². The number of pyridine rings is 1. The molecule has 1 amide bonds. The molecule has 0 radical (unpaired) electrons. The highest BCUT2D eigenvalue weighted by Gasteiger charge is 2.16. The van der Waals surface area contributed by atoms with Crippen LogP contribution >= 0.6 is 11.8 Å². The van der Waals surface area contributed by atoms with E-state index in [1.54, 1.807) is 48.5 Å². The molecule has 6 heteroatoms. The molecule has 5 nitrogen and oxygen atoms in total. The molecular weight excluding hydrogens is 382 g/mol. The minimum absolute atomic E-state index is 0.0818. The third-order valence-corrected chi connectivity index (χ3v) is 5.22. The average molecular weight is 401 g/mol. The SMILES string of the molecule is Cc1cc(C)c(C#N)c(SCC(=O)Nc2ccccc2C(=O)c2ccccc2)n1. The minimum atomic E-state index is -0.270. The number of aryl methyl sites for hydroxylation is 2. The summed E-state index contributed by atoms with van der Waals surface area (Å²) < 4.78 is 0. The van der Waals surface area contributed by atoms with E-state index in [1.807, 2.05) is 26.0 Å². The van der Waals surface area contributed by atoms with Gasteiger partial charge in [0.2, 0.25) is 5.91 Å². The molecule has 1 heterocycles. The maximum atomic E-state index is 12.8. The van der Waals surface area contributed by atoms with Crippen LogP contribution in [-0.4, -0.2) is 22.4 Å². The van der Waals surface area contributed by atoms with Crippen LogP contribution in [0.5, 0.6) is 0 Å². The van der Waals surface area contributed by atoms with Crippen LogP contribution in [-0.2, 0) is 4.79 Å². The molecular formula is C23H19N3O2S. The van der Waals surface area contributed by atoms with Crippen molar-refractivity contribution in [1.82, 2.24) is 4.98 Å². The number of amides is 1. The van der Waals surface area contributed by atoms with Gasteiger partial charge in [-0.3, -0.25) is 9.59 Å². The van der Waals surface area contributed by atoms with Crippen molar-refractivity contribution in [1.29, 1.82) is 5.26 Å². The van der Waals surface area contributed by atoms with Gasteiger partial charge < -0.3 is 5.32 Å². The molecule has 2 aromatic carbocycles. The zero-order valence-corrected chi connectivity index (χ0v) is 16.9. The summed E-state index contributed by atoms with van der Waals surface area (Å²) in [4.78, 5) is 29.7. The largest absolute Gasteiger partial charge is 0.325 e. The van der Waals surface area contributed by atoms with E-state index in [2.05, 4.69) is 16.4 Å². The Morgan fingerprint density at radius 3 is 2.48 bits per heavy atom. The number of para-hydroxylation sites is 1. The van der Waals surface area contributed by atoms with Crippen LogP contribution in [0.15, 0.2) is 65.7 Å². The molecule has 0 aliphatic rings. The number of benzene rings is 2. The monoisotopic (exact) mass is 401 g/mol. The molecule has 0 saturated carbocycles. The van der Waals surface area contributed by atoms with Crippen LogP contribution < -0.4 is 5.32 Å². The minimum Gasteiger partial charge on any atom is -0.325 e. The van der Waals surface area contributed by atoms with E-state index in [-0.39, 0.29) is 17.4 Å². The van der Waals surface area contributed by atoms with E-state index in [0.717, 1.165) is 11.3 Å². The Hall–Kier alpha value is -3.43. The number of hydrogen-bond acceptors (Lipinski definition) is 5. The van der Waals surface area contributed by atoms with Gasteiger partial charge in [-0.25, -0.2) is 4.98 Å². The molecule has 144 valence electrons. The fourth-order valence-corrected chi connectivity index (χ4v) is 3.80. The van der Waals surface area contributed by atoms with Crippen molar-refractivity contribution in [3.63, 3.8) is 0 Å². The summed E-state index contributed by atoms with van der Waals surface area (Å²) in [6, 6.07) is 19.8. The number of nitrogens with zero attached hydrogens (tertiary/aromatic N) is 2. The summed E-state index contributed by atoms with van der Waals surface area (Å²) in [5.41, 5.74) is 3.56. The zero-order chi connectivity index (χ0) is 20.8. The number of carbonyl (C=O) groups excluding carboxylic acids is 2. The van der Waals surface area contributed by atoms with Crippen molar-refractivity contribution in [2.75, 3.05) is 11.1 Å². The molecule has 0 spiro atoms. The van der Waals surface area contributed by atoms with E-state index in [1.165, 1.54) is 11.8 Å². The highest BCUT2D eigenvalue weighted by atomic mass is 32.2. The first kappa shape index (κ1) is 20.3. The van der Waals surface area contributed by atoms with Crippen LogP contribution in [0, 0.1) is 25.2 Å². The van der Waals surface area contributed by atoms with Gasteiger partial charge in [0.1, 0.15) is 11.1 Å². The molecule has 0 fully saturated rings. The number of ketones is 1. The van der Waals surface area contributed by atoms with Gasteiger partial charge in [-0.2, -0.15) is 5.26 Å². The number of anilines is 1. The highest BCUT2D eigenvalue weighted by Crippen LogP contribution is 2.24. The normalized spacial score (nSPS) is 10.2. The number of aromatic nitrogens is 1. The first-order chi connectivity index (χ1) is 14.0. The van der Waals surface area contributed by atoms with Gasteiger partial charge in [-0.05, 0) is 37.6 Å². The molecule has 0 atom stereocenters. The standard InChI is InChI=1S/C23H19N3O2S/c1-15-12-16(2)25-23(19(15)13-24)29-14-21(27)26-20-11-7-6-10-18(20)22(28)17-8-4-3-5-9-17/h3-12H,14H2,1-2H3,(H,26,27). The first-order valence-electron chi connectivity index (χ1n) is 8.99. The summed E-state index contributed by atoms with van der Waals surface area (Å²) in [7, 11) is 0.